The predicted octanol–water partition coefficient (Wildman–Crippen LogP) is 3.66. The number of aromatic nitrogens is 1. The molecule has 6 heteroatoms. The maximum Gasteiger partial charge on any atom is 0.191 e. The molecule has 4 nitrogen and oxygen atoms in total. The van der Waals surface area contributed by atoms with E-state index in [0.717, 1.165) is 43.0 Å². The summed E-state index contributed by atoms with van der Waals surface area (Å²) < 4.78 is 13.5. The van der Waals surface area contributed by atoms with E-state index in [1.807, 2.05) is 19.1 Å². The average Bonchev–Trinajstić information content (AvgIpc) is 3.40. The second-order valence-electron chi connectivity index (χ2n) is 6.33. The predicted molar refractivity (Wildman–Crippen MR) is 99.4 cm³/mol. The maximum absolute atomic E-state index is 13.5. The SMILES string of the molecule is CCNC(=NCc1ccc(Cl)nc1)NCC1(c2cccc(F)c2)CC1. The lowest BCUT2D eigenvalue weighted by Crippen LogP contribution is -2.41. The van der Waals surface area contributed by atoms with E-state index >= 15 is 0 Å². The molecule has 0 radical (unpaired) electrons. The van der Waals surface area contributed by atoms with Gasteiger partial charge in [0.25, 0.3) is 0 Å². The standard InChI is InChI=1S/C19H22ClFN4/c1-2-22-18(24-12-14-6-7-17(20)23-11-14)25-13-19(8-9-19)15-4-3-5-16(21)10-15/h3-7,10-11H,2,8-9,12-13H2,1H3,(H2,22,24,25). The molecule has 0 bridgehead atoms. The molecule has 1 heterocycles. The minimum Gasteiger partial charge on any atom is -0.357 e. The quantitative estimate of drug-likeness (QED) is 0.469. The Hall–Kier alpha value is -2.14. The summed E-state index contributed by atoms with van der Waals surface area (Å²) in [6.07, 6.45) is 3.85. The summed E-state index contributed by atoms with van der Waals surface area (Å²) in [5.41, 5.74) is 2.06. The summed E-state index contributed by atoms with van der Waals surface area (Å²) in [4.78, 5) is 8.66. The molecular formula is C19H22ClFN4. The van der Waals surface area contributed by atoms with Crippen molar-refractivity contribution >= 4 is 17.6 Å². The number of nitrogens with zero attached hydrogens (tertiary/aromatic N) is 2. The van der Waals surface area contributed by atoms with Gasteiger partial charge in [-0.2, -0.15) is 0 Å². The molecule has 1 aromatic heterocycles. The van der Waals surface area contributed by atoms with Crippen molar-refractivity contribution in [1.82, 2.24) is 15.6 Å². The largest absolute Gasteiger partial charge is 0.357 e. The Morgan fingerprint density at radius 2 is 2.12 bits per heavy atom. The molecule has 132 valence electrons. The van der Waals surface area contributed by atoms with Crippen LogP contribution >= 0.6 is 11.6 Å². The van der Waals surface area contributed by atoms with Crippen molar-refractivity contribution in [2.75, 3.05) is 13.1 Å². The fourth-order valence-electron chi connectivity index (χ4n) is 2.80. The maximum atomic E-state index is 13.5. The molecule has 0 saturated heterocycles. The summed E-state index contributed by atoms with van der Waals surface area (Å²) in [6, 6.07) is 10.6. The van der Waals surface area contributed by atoms with Crippen LogP contribution in [0.2, 0.25) is 5.15 Å². The molecule has 0 unspecified atom stereocenters. The van der Waals surface area contributed by atoms with Crippen LogP contribution in [0.3, 0.4) is 0 Å². The Labute approximate surface area is 152 Å². The van der Waals surface area contributed by atoms with Crippen LogP contribution in [0, 0.1) is 5.82 Å². The van der Waals surface area contributed by atoms with Gasteiger partial charge in [-0.1, -0.05) is 29.8 Å². The third-order valence-corrected chi connectivity index (χ3v) is 4.66. The van der Waals surface area contributed by atoms with Gasteiger partial charge in [0.2, 0.25) is 0 Å². The summed E-state index contributed by atoms with van der Waals surface area (Å²) in [5, 5.41) is 7.11. The molecule has 1 aromatic carbocycles. The molecule has 1 fully saturated rings. The van der Waals surface area contributed by atoms with Gasteiger partial charge in [0.05, 0.1) is 6.54 Å². The summed E-state index contributed by atoms with van der Waals surface area (Å²) in [7, 11) is 0. The highest BCUT2D eigenvalue weighted by Crippen LogP contribution is 2.47. The highest BCUT2D eigenvalue weighted by Gasteiger charge is 2.44. The molecule has 0 amide bonds. The lowest BCUT2D eigenvalue weighted by atomic mass is 9.96. The number of benzene rings is 1. The number of halogens is 2. The van der Waals surface area contributed by atoms with E-state index in [1.165, 1.54) is 6.07 Å². The van der Waals surface area contributed by atoms with Gasteiger partial charge in [-0.25, -0.2) is 14.4 Å². The first-order chi connectivity index (χ1) is 12.1. The van der Waals surface area contributed by atoms with E-state index < -0.39 is 0 Å². The van der Waals surface area contributed by atoms with E-state index in [4.69, 9.17) is 11.6 Å². The third kappa shape index (κ3) is 4.69. The highest BCUT2D eigenvalue weighted by molar-refractivity contribution is 6.29. The van der Waals surface area contributed by atoms with Crippen molar-refractivity contribution in [3.05, 3.63) is 64.7 Å². The Balaban J connectivity index is 1.63. The molecule has 0 spiro atoms. The van der Waals surface area contributed by atoms with Crippen LogP contribution < -0.4 is 10.6 Å². The van der Waals surface area contributed by atoms with Crippen LogP contribution in [-0.2, 0) is 12.0 Å². The first kappa shape index (κ1) is 17.7. The molecule has 1 aliphatic rings. The van der Waals surface area contributed by atoms with Crippen LogP contribution in [0.25, 0.3) is 0 Å². The van der Waals surface area contributed by atoms with E-state index in [0.29, 0.717) is 11.7 Å². The zero-order valence-electron chi connectivity index (χ0n) is 14.2. The molecule has 0 aliphatic heterocycles. The van der Waals surface area contributed by atoms with Crippen LogP contribution in [0.15, 0.2) is 47.6 Å². The molecule has 2 aromatic rings. The lowest BCUT2D eigenvalue weighted by Gasteiger charge is -2.19. The summed E-state index contributed by atoms with van der Waals surface area (Å²) in [6.45, 7) is 4.06. The van der Waals surface area contributed by atoms with Crippen LogP contribution in [0.5, 0.6) is 0 Å². The topological polar surface area (TPSA) is 49.3 Å². The fraction of sp³-hybridized carbons (Fsp3) is 0.368. The van der Waals surface area contributed by atoms with Gasteiger partial charge in [0.15, 0.2) is 5.96 Å². The summed E-state index contributed by atoms with van der Waals surface area (Å²) >= 11 is 5.80. The number of pyridine rings is 1. The van der Waals surface area contributed by atoms with Crippen LogP contribution in [0.1, 0.15) is 30.9 Å². The van der Waals surface area contributed by atoms with Crippen molar-refractivity contribution in [2.45, 2.75) is 31.7 Å². The van der Waals surface area contributed by atoms with E-state index in [9.17, 15) is 4.39 Å². The van der Waals surface area contributed by atoms with Gasteiger partial charge < -0.3 is 10.6 Å². The molecule has 25 heavy (non-hydrogen) atoms. The molecule has 1 aliphatic carbocycles. The lowest BCUT2D eigenvalue weighted by molar-refractivity contribution is 0.607. The van der Waals surface area contributed by atoms with Gasteiger partial charge in [-0.05, 0) is 49.1 Å². The Morgan fingerprint density at radius 1 is 1.28 bits per heavy atom. The number of rotatable bonds is 6. The van der Waals surface area contributed by atoms with E-state index in [-0.39, 0.29) is 11.2 Å². The van der Waals surface area contributed by atoms with Crippen molar-refractivity contribution in [1.29, 1.82) is 0 Å². The minimum atomic E-state index is -0.181. The summed E-state index contributed by atoms with van der Waals surface area (Å²) in [5.74, 6) is 0.569. The molecule has 2 N–H and O–H groups in total. The number of aliphatic imine (C=N–C) groups is 1. The van der Waals surface area contributed by atoms with E-state index in [1.54, 1.807) is 24.4 Å². The zero-order chi connectivity index (χ0) is 17.7. The molecule has 0 atom stereocenters. The van der Waals surface area contributed by atoms with Gasteiger partial charge in [-0.3, -0.25) is 0 Å². The second-order valence-corrected chi connectivity index (χ2v) is 6.72. The number of hydrogen-bond acceptors (Lipinski definition) is 2. The van der Waals surface area contributed by atoms with E-state index in [2.05, 4.69) is 20.6 Å². The molecular weight excluding hydrogens is 339 g/mol. The van der Waals surface area contributed by atoms with Gasteiger partial charge in [0.1, 0.15) is 11.0 Å². The van der Waals surface area contributed by atoms with Gasteiger partial charge >= 0.3 is 0 Å². The number of nitrogens with one attached hydrogen (secondary N) is 2. The Morgan fingerprint density at radius 3 is 2.76 bits per heavy atom. The molecule has 1 saturated carbocycles. The molecule has 3 rings (SSSR count). The second kappa shape index (κ2) is 7.83. The Bertz CT molecular complexity index is 741. The third-order valence-electron chi connectivity index (χ3n) is 4.44. The zero-order valence-corrected chi connectivity index (χ0v) is 15.0. The van der Waals surface area contributed by atoms with Crippen molar-refractivity contribution in [2.24, 2.45) is 4.99 Å². The van der Waals surface area contributed by atoms with Crippen molar-refractivity contribution < 1.29 is 4.39 Å². The monoisotopic (exact) mass is 360 g/mol. The first-order valence-electron chi connectivity index (χ1n) is 8.50. The van der Waals surface area contributed by atoms with Gasteiger partial charge in [0, 0.05) is 24.7 Å². The number of hydrogen-bond donors (Lipinski definition) is 2. The smallest absolute Gasteiger partial charge is 0.191 e. The number of guanidine groups is 1. The fourth-order valence-corrected chi connectivity index (χ4v) is 2.91. The van der Waals surface area contributed by atoms with Crippen molar-refractivity contribution in [3.63, 3.8) is 0 Å². The minimum absolute atomic E-state index is 0.0140. The Kier molecular flexibility index (Phi) is 5.53. The highest BCUT2D eigenvalue weighted by atomic mass is 35.5. The van der Waals surface area contributed by atoms with Crippen LogP contribution in [0.4, 0.5) is 4.39 Å². The van der Waals surface area contributed by atoms with Crippen LogP contribution in [-0.4, -0.2) is 24.0 Å². The van der Waals surface area contributed by atoms with Crippen molar-refractivity contribution in [3.8, 4) is 0 Å². The first-order valence-corrected chi connectivity index (χ1v) is 8.88. The average molecular weight is 361 g/mol. The normalized spacial score (nSPS) is 15.7. The van der Waals surface area contributed by atoms with Gasteiger partial charge in [-0.15, -0.1) is 0 Å².